The Kier molecular flexibility index (Phi) is 3.83. The molecule has 1 aliphatic heterocycles. The quantitative estimate of drug-likeness (QED) is 0.845. The number of benzene rings is 1. The highest BCUT2D eigenvalue weighted by Gasteiger charge is 2.16. The zero-order valence-corrected chi connectivity index (χ0v) is 10.0. The Morgan fingerprint density at radius 2 is 1.94 bits per heavy atom. The van der Waals surface area contributed by atoms with Gasteiger partial charge in [0.1, 0.15) is 5.75 Å². The van der Waals surface area contributed by atoms with Crippen LogP contribution in [0.15, 0.2) is 24.3 Å². The van der Waals surface area contributed by atoms with Crippen molar-refractivity contribution in [2.24, 2.45) is 5.92 Å². The average molecular weight is 219 g/mol. The molecule has 0 radical (unpaired) electrons. The SMILES string of the molecule is CN1CCC(CCc2ccccc2O)CC1. The molecular weight excluding hydrogens is 198 g/mol. The standard InChI is InChI=1S/C14H21NO/c1-15-10-8-12(9-11-15)6-7-13-4-2-3-5-14(13)16/h2-5,12,16H,6-11H2,1H3. The van der Waals surface area contributed by atoms with E-state index < -0.39 is 0 Å². The molecule has 1 heterocycles. The molecule has 0 spiro atoms. The molecule has 1 aliphatic rings. The van der Waals surface area contributed by atoms with Crippen LogP contribution in [0.1, 0.15) is 24.8 Å². The van der Waals surface area contributed by atoms with Gasteiger partial charge < -0.3 is 10.0 Å². The Morgan fingerprint density at radius 3 is 2.62 bits per heavy atom. The Balaban J connectivity index is 1.81. The summed E-state index contributed by atoms with van der Waals surface area (Å²) in [5, 5.41) is 9.67. The number of piperidine rings is 1. The number of aromatic hydroxyl groups is 1. The van der Waals surface area contributed by atoms with Crippen LogP contribution in [0.25, 0.3) is 0 Å². The maximum Gasteiger partial charge on any atom is 0.118 e. The number of nitrogens with zero attached hydrogens (tertiary/aromatic N) is 1. The van der Waals surface area contributed by atoms with Crippen molar-refractivity contribution in [3.8, 4) is 5.75 Å². The number of phenolic OH excluding ortho intramolecular Hbond substituents is 1. The van der Waals surface area contributed by atoms with Crippen LogP contribution in [-0.4, -0.2) is 30.1 Å². The van der Waals surface area contributed by atoms with Crippen molar-refractivity contribution in [2.75, 3.05) is 20.1 Å². The summed E-state index contributed by atoms with van der Waals surface area (Å²) >= 11 is 0. The van der Waals surface area contributed by atoms with E-state index in [0.29, 0.717) is 5.75 Å². The Hall–Kier alpha value is -1.02. The third-order valence-electron chi connectivity index (χ3n) is 3.65. The van der Waals surface area contributed by atoms with Crippen molar-refractivity contribution in [3.05, 3.63) is 29.8 Å². The highest BCUT2D eigenvalue weighted by atomic mass is 16.3. The van der Waals surface area contributed by atoms with E-state index >= 15 is 0 Å². The lowest BCUT2D eigenvalue weighted by Crippen LogP contribution is -2.30. The highest BCUT2D eigenvalue weighted by molar-refractivity contribution is 5.31. The van der Waals surface area contributed by atoms with Gasteiger partial charge in [0.25, 0.3) is 0 Å². The molecule has 1 fully saturated rings. The van der Waals surface area contributed by atoms with Crippen molar-refractivity contribution in [1.82, 2.24) is 4.90 Å². The summed E-state index contributed by atoms with van der Waals surface area (Å²) in [7, 11) is 2.19. The first-order chi connectivity index (χ1) is 7.75. The fraction of sp³-hybridized carbons (Fsp3) is 0.571. The van der Waals surface area contributed by atoms with Gasteiger partial charge in [-0.2, -0.15) is 0 Å². The minimum atomic E-state index is 0.454. The molecule has 2 heteroatoms. The van der Waals surface area contributed by atoms with Gasteiger partial charge in [0, 0.05) is 0 Å². The first-order valence-electron chi connectivity index (χ1n) is 6.21. The van der Waals surface area contributed by atoms with Crippen molar-refractivity contribution >= 4 is 0 Å². The molecule has 1 N–H and O–H groups in total. The van der Waals surface area contributed by atoms with Gasteiger partial charge in [-0.1, -0.05) is 18.2 Å². The maximum atomic E-state index is 9.67. The highest BCUT2D eigenvalue weighted by Crippen LogP contribution is 2.24. The lowest BCUT2D eigenvalue weighted by Gasteiger charge is -2.28. The summed E-state index contributed by atoms with van der Waals surface area (Å²) in [6.45, 7) is 2.46. The first-order valence-corrected chi connectivity index (χ1v) is 6.21. The van der Waals surface area contributed by atoms with E-state index in [2.05, 4.69) is 11.9 Å². The fourth-order valence-corrected chi connectivity index (χ4v) is 2.43. The normalized spacial score (nSPS) is 18.8. The topological polar surface area (TPSA) is 23.5 Å². The van der Waals surface area contributed by atoms with Crippen molar-refractivity contribution in [1.29, 1.82) is 0 Å². The second-order valence-corrected chi connectivity index (χ2v) is 4.91. The van der Waals surface area contributed by atoms with Crippen LogP contribution < -0.4 is 0 Å². The van der Waals surface area contributed by atoms with Gasteiger partial charge in [-0.05, 0) is 63.4 Å². The molecule has 88 valence electrons. The molecule has 1 aromatic rings. The third kappa shape index (κ3) is 2.99. The van der Waals surface area contributed by atoms with Crippen molar-refractivity contribution < 1.29 is 5.11 Å². The number of aryl methyl sites for hydroxylation is 1. The molecule has 1 saturated heterocycles. The van der Waals surface area contributed by atoms with Gasteiger partial charge in [0.15, 0.2) is 0 Å². The lowest BCUT2D eigenvalue weighted by atomic mass is 9.90. The Bertz CT molecular complexity index is 329. The van der Waals surface area contributed by atoms with Crippen LogP contribution in [0.5, 0.6) is 5.75 Å². The van der Waals surface area contributed by atoms with Gasteiger partial charge in [-0.3, -0.25) is 0 Å². The molecule has 0 unspecified atom stereocenters. The summed E-state index contributed by atoms with van der Waals surface area (Å²) in [4.78, 5) is 2.40. The molecule has 0 aliphatic carbocycles. The van der Waals surface area contributed by atoms with Gasteiger partial charge in [0.05, 0.1) is 0 Å². The predicted octanol–water partition coefficient (Wildman–Crippen LogP) is 2.67. The Labute approximate surface area is 97.9 Å². The van der Waals surface area contributed by atoms with Crippen LogP contribution in [0.2, 0.25) is 0 Å². The number of hydrogen-bond acceptors (Lipinski definition) is 2. The molecule has 0 bridgehead atoms. The summed E-state index contributed by atoms with van der Waals surface area (Å²) in [5.41, 5.74) is 1.10. The first kappa shape index (κ1) is 11.5. The van der Waals surface area contributed by atoms with E-state index in [1.54, 1.807) is 6.07 Å². The van der Waals surface area contributed by atoms with Crippen LogP contribution >= 0.6 is 0 Å². The maximum absolute atomic E-state index is 9.67. The zero-order chi connectivity index (χ0) is 11.4. The third-order valence-corrected chi connectivity index (χ3v) is 3.65. The average Bonchev–Trinajstić information content (AvgIpc) is 2.30. The van der Waals surface area contributed by atoms with Crippen LogP contribution in [-0.2, 0) is 6.42 Å². The van der Waals surface area contributed by atoms with E-state index in [0.717, 1.165) is 17.9 Å². The van der Waals surface area contributed by atoms with Gasteiger partial charge in [-0.25, -0.2) is 0 Å². The van der Waals surface area contributed by atoms with Gasteiger partial charge in [0.2, 0.25) is 0 Å². The van der Waals surface area contributed by atoms with Crippen molar-refractivity contribution in [3.63, 3.8) is 0 Å². The fourth-order valence-electron chi connectivity index (χ4n) is 2.43. The van der Waals surface area contributed by atoms with E-state index in [1.807, 2.05) is 18.2 Å². The predicted molar refractivity (Wildman–Crippen MR) is 66.6 cm³/mol. The second-order valence-electron chi connectivity index (χ2n) is 4.91. The molecular formula is C14H21NO. The molecule has 16 heavy (non-hydrogen) atoms. The number of rotatable bonds is 3. The zero-order valence-electron chi connectivity index (χ0n) is 10.0. The second kappa shape index (κ2) is 5.35. The number of para-hydroxylation sites is 1. The largest absolute Gasteiger partial charge is 0.508 e. The van der Waals surface area contributed by atoms with Crippen LogP contribution in [0.4, 0.5) is 0 Å². The van der Waals surface area contributed by atoms with Gasteiger partial charge >= 0.3 is 0 Å². The number of phenols is 1. The van der Waals surface area contributed by atoms with Gasteiger partial charge in [-0.15, -0.1) is 0 Å². The minimum Gasteiger partial charge on any atom is -0.508 e. The van der Waals surface area contributed by atoms with Crippen LogP contribution in [0, 0.1) is 5.92 Å². The van der Waals surface area contributed by atoms with Crippen LogP contribution in [0.3, 0.4) is 0 Å². The molecule has 1 aromatic carbocycles. The van der Waals surface area contributed by atoms with Crippen molar-refractivity contribution in [2.45, 2.75) is 25.7 Å². The Morgan fingerprint density at radius 1 is 1.25 bits per heavy atom. The molecule has 0 atom stereocenters. The number of hydrogen-bond donors (Lipinski definition) is 1. The van der Waals surface area contributed by atoms with E-state index in [9.17, 15) is 5.11 Å². The molecule has 0 saturated carbocycles. The number of likely N-dealkylation sites (tertiary alicyclic amines) is 1. The molecule has 0 aromatic heterocycles. The van der Waals surface area contributed by atoms with E-state index in [1.165, 1.54) is 32.4 Å². The summed E-state index contributed by atoms with van der Waals surface area (Å²) in [6, 6.07) is 7.70. The smallest absolute Gasteiger partial charge is 0.118 e. The summed E-state index contributed by atoms with van der Waals surface area (Å²) < 4.78 is 0. The summed E-state index contributed by atoms with van der Waals surface area (Å²) in [6.07, 6.45) is 4.85. The van der Waals surface area contributed by atoms with E-state index in [-0.39, 0.29) is 0 Å². The lowest BCUT2D eigenvalue weighted by molar-refractivity contribution is 0.212. The monoisotopic (exact) mass is 219 g/mol. The molecule has 2 nitrogen and oxygen atoms in total. The molecule has 0 amide bonds. The minimum absolute atomic E-state index is 0.454. The molecule has 2 rings (SSSR count). The summed E-state index contributed by atoms with van der Waals surface area (Å²) in [5.74, 6) is 1.30. The van der Waals surface area contributed by atoms with E-state index in [4.69, 9.17) is 0 Å².